The third-order valence-corrected chi connectivity index (χ3v) is 2.94. The summed E-state index contributed by atoms with van der Waals surface area (Å²) in [5, 5.41) is 0. The molecule has 0 bridgehead atoms. The van der Waals surface area contributed by atoms with Gasteiger partial charge in [-0.3, -0.25) is 0 Å². The molecule has 1 rings (SSSR count). The van der Waals surface area contributed by atoms with Gasteiger partial charge in [-0.25, -0.2) is 9.97 Å². The van der Waals surface area contributed by atoms with Crippen molar-refractivity contribution in [3.05, 3.63) is 17.5 Å². The second kappa shape index (κ2) is 6.69. The topological polar surface area (TPSA) is 29.0 Å². The molecule has 0 aliphatic heterocycles. The van der Waals surface area contributed by atoms with Crippen molar-refractivity contribution in [2.24, 2.45) is 0 Å². The molecule has 0 fully saturated rings. The lowest BCUT2D eigenvalue weighted by molar-refractivity contribution is 0.695. The zero-order valence-electron chi connectivity index (χ0n) is 10.3. The van der Waals surface area contributed by atoms with E-state index < -0.39 is 0 Å². The van der Waals surface area contributed by atoms with Crippen LogP contribution >= 0.6 is 11.6 Å². The van der Waals surface area contributed by atoms with E-state index in [9.17, 15) is 0 Å². The molecule has 90 valence electrons. The first-order valence-corrected chi connectivity index (χ1v) is 6.32. The van der Waals surface area contributed by atoms with E-state index in [1.54, 1.807) is 0 Å². The lowest BCUT2D eigenvalue weighted by Gasteiger charge is -2.17. The van der Waals surface area contributed by atoms with Gasteiger partial charge in [-0.05, 0) is 13.3 Å². The smallest absolute Gasteiger partial charge is 0.225 e. The number of aromatic nitrogens is 2. The van der Waals surface area contributed by atoms with Crippen LogP contribution in [0.3, 0.4) is 0 Å². The Balaban J connectivity index is 2.62. The van der Waals surface area contributed by atoms with Gasteiger partial charge in [0.25, 0.3) is 0 Å². The molecule has 1 aromatic rings. The molecule has 0 atom stereocenters. The fraction of sp³-hybridized carbons (Fsp3) is 0.667. The molecule has 0 aliphatic carbocycles. The average molecular weight is 242 g/mol. The van der Waals surface area contributed by atoms with Gasteiger partial charge >= 0.3 is 0 Å². The molecule has 0 aliphatic rings. The molecule has 16 heavy (non-hydrogen) atoms. The highest BCUT2D eigenvalue weighted by molar-refractivity contribution is 6.17. The number of hydrogen-bond donors (Lipinski definition) is 0. The van der Waals surface area contributed by atoms with Gasteiger partial charge < -0.3 is 4.90 Å². The number of rotatable bonds is 6. The van der Waals surface area contributed by atoms with Gasteiger partial charge in [0.05, 0.1) is 5.88 Å². The van der Waals surface area contributed by atoms with E-state index in [-0.39, 0.29) is 0 Å². The predicted octanol–water partition coefficient (Wildman–Crippen LogP) is 3.15. The summed E-state index contributed by atoms with van der Waals surface area (Å²) in [6.07, 6.45) is 5.50. The van der Waals surface area contributed by atoms with E-state index >= 15 is 0 Å². The third kappa shape index (κ3) is 3.63. The van der Waals surface area contributed by atoms with Gasteiger partial charge in [-0.15, -0.1) is 11.6 Å². The number of aryl methyl sites for hydroxylation is 1. The van der Waals surface area contributed by atoms with Gasteiger partial charge in [0, 0.05) is 31.0 Å². The summed E-state index contributed by atoms with van der Waals surface area (Å²) in [5.74, 6) is 1.27. The lowest BCUT2D eigenvalue weighted by atomic mass is 10.2. The zero-order chi connectivity index (χ0) is 12.0. The summed E-state index contributed by atoms with van der Waals surface area (Å²) >= 11 is 5.77. The SMILES string of the molecule is CCCCCN(C)c1ncc(CCl)c(C)n1. The van der Waals surface area contributed by atoms with Crippen molar-refractivity contribution < 1.29 is 0 Å². The summed E-state index contributed by atoms with van der Waals surface area (Å²) < 4.78 is 0. The van der Waals surface area contributed by atoms with Gasteiger partial charge in [0.2, 0.25) is 5.95 Å². The van der Waals surface area contributed by atoms with E-state index in [4.69, 9.17) is 11.6 Å². The van der Waals surface area contributed by atoms with Crippen LogP contribution in [0.4, 0.5) is 5.95 Å². The second-order valence-corrected chi connectivity index (χ2v) is 4.31. The van der Waals surface area contributed by atoms with Crippen molar-refractivity contribution in [3.8, 4) is 0 Å². The summed E-state index contributed by atoms with van der Waals surface area (Å²) in [4.78, 5) is 10.9. The van der Waals surface area contributed by atoms with Crippen molar-refractivity contribution in [1.82, 2.24) is 9.97 Å². The van der Waals surface area contributed by atoms with Crippen LogP contribution < -0.4 is 4.90 Å². The Morgan fingerprint density at radius 2 is 2.12 bits per heavy atom. The number of nitrogens with zero attached hydrogens (tertiary/aromatic N) is 3. The first kappa shape index (κ1) is 13.2. The normalized spacial score (nSPS) is 10.5. The van der Waals surface area contributed by atoms with Crippen LogP contribution in [0, 0.1) is 6.92 Å². The van der Waals surface area contributed by atoms with Crippen LogP contribution in [0.15, 0.2) is 6.20 Å². The summed E-state index contributed by atoms with van der Waals surface area (Å²) in [5.41, 5.74) is 1.98. The Kier molecular flexibility index (Phi) is 5.53. The van der Waals surface area contributed by atoms with Crippen LogP contribution in [0.1, 0.15) is 37.4 Å². The van der Waals surface area contributed by atoms with Crippen molar-refractivity contribution in [2.75, 3.05) is 18.5 Å². The summed E-state index contributed by atoms with van der Waals surface area (Å²) in [7, 11) is 2.03. The average Bonchev–Trinajstić information content (AvgIpc) is 2.29. The minimum Gasteiger partial charge on any atom is -0.344 e. The summed E-state index contributed by atoms with van der Waals surface area (Å²) in [6.45, 7) is 5.19. The molecule has 1 aromatic heterocycles. The van der Waals surface area contributed by atoms with Gasteiger partial charge in [-0.2, -0.15) is 0 Å². The van der Waals surface area contributed by atoms with Gasteiger partial charge in [-0.1, -0.05) is 19.8 Å². The fourth-order valence-electron chi connectivity index (χ4n) is 1.49. The lowest BCUT2D eigenvalue weighted by Crippen LogP contribution is -2.21. The monoisotopic (exact) mass is 241 g/mol. The minimum atomic E-state index is 0.478. The van der Waals surface area contributed by atoms with Crippen LogP contribution in [0.5, 0.6) is 0 Å². The highest BCUT2D eigenvalue weighted by Crippen LogP contribution is 2.12. The van der Waals surface area contributed by atoms with Crippen molar-refractivity contribution in [3.63, 3.8) is 0 Å². The van der Waals surface area contributed by atoms with E-state index in [0.29, 0.717) is 5.88 Å². The van der Waals surface area contributed by atoms with Crippen molar-refractivity contribution in [2.45, 2.75) is 39.0 Å². The Bertz CT molecular complexity index is 328. The Morgan fingerprint density at radius 3 is 2.69 bits per heavy atom. The van der Waals surface area contributed by atoms with Crippen LogP contribution in [-0.4, -0.2) is 23.6 Å². The molecule has 1 heterocycles. The molecule has 0 spiro atoms. The van der Waals surface area contributed by atoms with E-state index in [1.807, 2.05) is 20.2 Å². The standard InChI is InChI=1S/C12H20ClN3/c1-4-5-6-7-16(3)12-14-9-11(8-13)10(2)15-12/h9H,4-8H2,1-3H3. The molecular weight excluding hydrogens is 222 g/mol. The molecule has 0 aromatic carbocycles. The molecule has 0 saturated heterocycles. The molecule has 0 N–H and O–H groups in total. The fourth-order valence-corrected chi connectivity index (χ4v) is 1.76. The number of alkyl halides is 1. The maximum absolute atomic E-state index is 5.77. The largest absolute Gasteiger partial charge is 0.344 e. The highest BCUT2D eigenvalue weighted by Gasteiger charge is 2.06. The molecule has 3 nitrogen and oxygen atoms in total. The number of halogens is 1. The molecule has 0 amide bonds. The Hall–Kier alpha value is -0.830. The molecule has 0 radical (unpaired) electrons. The number of unbranched alkanes of at least 4 members (excludes halogenated alkanes) is 2. The first-order valence-electron chi connectivity index (χ1n) is 5.78. The van der Waals surface area contributed by atoms with Crippen molar-refractivity contribution >= 4 is 17.5 Å². The maximum Gasteiger partial charge on any atom is 0.225 e. The molecule has 0 saturated carbocycles. The molecule has 0 unspecified atom stereocenters. The van der Waals surface area contributed by atoms with Crippen LogP contribution in [0.25, 0.3) is 0 Å². The number of hydrogen-bond acceptors (Lipinski definition) is 3. The highest BCUT2D eigenvalue weighted by atomic mass is 35.5. The van der Waals surface area contributed by atoms with E-state index in [1.165, 1.54) is 19.3 Å². The predicted molar refractivity (Wildman–Crippen MR) is 69.1 cm³/mol. The Morgan fingerprint density at radius 1 is 1.38 bits per heavy atom. The first-order chi connectivity index (χ1) is 7.69. The molecular formula is C12H20ClN3. The molecule has 4 heteroatoms. The van der Waals surface area contributed by atoms with Gasteiger partial charge in [0.1, 0.15) is 0 Å². The van der Waals surface area contributed by atoms with Crippen LogP contribution in [0.2, 0.25) is 0 Å². The maximum atomic E-state index is 5.77. The quantitative estimate of drug-likeness (QED) is 0.566. The van der Waals surface area contributed by atoms with E-state index in [0.717, 1.165) is 23.8 Å². The number of anilines is 1. The summed E-state index contributed by atoms with van der Waals surface area (Å²) in [6, 6.07) is 0. The zero-order valence-corrected chi connectivity index (χ0v) is 11.1. The second-order valence-electron chi connectivity index (χ2n) is 4.04. The van der Waals surface area contributed by atoms with E-state index in [2.05, 4.69) is 21.8 Å². The van der Waals surface area contributed by atoms with Crippen molar-refractivity contribution in [1.29, 1.82) is 0 Å². The third-order valence-electron chi connectivity index (χ3n) is 2.65. The van der Waals surface area contributed by atoms with Gasteiger partial charge in [0.15, 0.2) is 0 Å². The van der Waals surface area contributed by atoms with Crippen LogP contribution in [-0.2, 0) is 5.88 Å². The Labute approximate surface area is 103 Å². The minimum absolute atomic E-state index is 0.478.